The maximum absolute atomic E-state index is 11.8. The highest BCUT2D eigenvalue weighted by atomic mass is 127. The maximum atomic E-state index is 11.8. The fourth-order valence-corrected chi connectivity index (χ4v) is 2.58. The number of nitrogens with zero attached hydrogens (tertiary/aromatic N) is 2. The molecule has 0 saturated carbocycles. The minimum Gasteiger partial charge on any atom is -0.444 e. The number of rotatable bonds is 7. The van der Waals surface area contributed by atoms with Crippen molar-refractivity contribution < 1.29 is 14.1 Å². The van der Waals surface area contributed by atoms with Crippen molar-refractivity contribution in [3.8, 4) is 0 Å². The summed E-state index contributed by atoms with van der Waals surface area (Å²) in [6.45, 7) is 10.9. The van der Waals surface area contributed by atoms with Gasteiger partial charge in [0.1, 0.15) is 5.60 Å². The molecule has 0 spiro atoms. The van der Waals surface area contributed by atoms with E-state index in [1.807, 2.05) is 51.1 Å². The molecule has 1 amide bonds. The van der Waals surface area contributed by atoms with Crippen molar-refractivity contribution in [2.45, 2.75) is 59.1 Å². The Hall–Kier alpha value is -2.30. The molecule has 3 N–H and O–H groups in total. The summed E-state index contributed by atoms with van der Waals surface area (Å²) in [6, 6.07) is 9.64. The zero-order valence-corrected chi connectivity index (χ0v) is 21.4. The summed E-state index contributed by atoms with van der Waals surface area (Å²) in [7, 11) is 1.73. The Labute approximate surface area is 201 Å². The highest BCUT2D eigenvalue weighted by molar-refractivity contribution is 14.0. The summed E-state index contributed by atoms with van der Waals surface area (Å²) in [5.74, 6) is 1.81. The van der Waals surface area contributed by atoms with E-state index < -0.39 is 11.7 Å². The molecule has 31 heavy (non-hydrogen) atoms. The lowest BCUT2D eigenvalue weighted by atomic mass is 10.1. The van der Waals surface area contributed by atoms with Gasteiger partial charge in [-0.25, -0.2) is 4.79 Å². The van der Waals surface area contributed by atoms with Crippen LogP contribution in [0.5, 0.6) is 0 Å². The second-order valence-corrected chi connectivity index (χ2v) is 8.30. The van der Waals surface area contributed by atoms with Gasteiger partial charge in [0.2, 0.25) is 0 Å². The number of nitrogens with one attached hydrogen (secondary N) is 3. The normalized spacial score (nSPS) is 11.6. The van der Waals surface area contributed by atoms with E-state index in [9.17, 15) is 4.79 Å². The monoisotopic (exact) mass is 543 g/mol. The predicted octanol–water partition coefficient (Wildman–Crippen LogP) is 4.67. The predicted molar refractivity (Wildman–Crippen MR) is 134 cm³/mol. The molecule has 2 rings (SSSR count). The van der Waals surface area contributed by atoms with Crippen LogP contribution < -0.4 is 16.0 Å². The third kappa shape index (κ3) is 10.0. The number of hydrogen-bond donors (Lipinski definition) is 3. The third-order valence-electron chi connectivity index (χ3n) is 4.13. The molecule has 0 bridgehead atoms. The number of hydrogen-bond acceptors (Lipinski definition) is 5. The van der Waals surface area contributed by atoms with Crippen LogP contribution in [-0.2, 0) is 17.7 Å². The Morgan fingerprint density at radius 1 is 1.19 bits per heavy atom. The van der Waals surface area contributed by atoms with Gasteiger partial charge in [-0.1, -0.05) is 31.1 Å². The molecule has 0 aliphatic rings. The van der Waals surface area contributed by atoms with Crippen LogP contribution in [-0.4, -0.2) is 36.4 Å². The van der Waals surface area contributed by atoms with E-state index >= 15 is 0 Å². The van der Waals surface area contributed by atoms with E-state index in [-0.39, 0.29) is 24.0 Å². The van der Waals surface area contributed by atoms with Gasteiger partial charge in [0.05, 0.1) is 12.2 Å². The molecule has 8 nitrogen and oxygen atoms in total. The first-order valence-electron chi connectivity index (χ1n) is 10.1. The van der Waals surface area contributed by atoms with Crippen molar-refractivity contribution in [1.29, 1.82) is 0 Å². The second kappa shape index (κ2) is 12.5. The number of amides is 1. The first-order chi connectivity index (χ1) is 14.2. The lowest BCUT2D eigenvalue weighted by molar-refractivity contribution is 0.0636. The van der Waals surface area contributed by atoms with Crippen molar-refractivity contribution in [2.75, 3.05) is 18.9 Å². The number of aromatic nitrogens is 1. The smallest absolute Gasteiger partial charge is 0.412 e. The van der Waals surface area contributed by atoms with Gasteiger partial charge in [0.15, 0.2) is 11.7 Å². The minimum atomic E-state index is -0.521. The van der Waals surface area contributed by atoms with Crippen molar-refractivity contribution >= 4 is 41.7 Å². The number of carbonyl (C=O) groups excluding carboxylic acids is 1. The highest BCUT2D eigenvalue weighted by Gasteiger charge is 2.16. The van der Waals surface area contributed by atoms with Crippen LogP contribution in [0.1, 0.15) is 57.6 Å². The van der Waals surface area contributed by atoms with E-state index in [0.29, 0.717) is 30.7 Å². The maximum Gasteiger partial charge on any atom is 0.412 e. The van der Waals surface area contributed by atoms with Gasteiger partial charge in [-0.3, -0.25) is 10.3 Å². The van der Waals surface area contributed by atoms with Crippen LogP contribution in [0.25, 0.3) is 0 Å². The van der Waals surface area contributed by atoms with Gasteiger partial charge >= 0.3 is 6.09 Å². The van der Waals surface area contributed by atoms with Crippen LogP contribution >= 0.6 is 24.0 Å². The molecule has 0 atom stereocenters. The number of guanidine groups is 1. The van der Waals surface area contributed by atoms with Gasteiger partial charge in [-0.15, -0.1) is 24.0 Å². The largest absolute Gasteiger partial charge is 0.444 e. The van der Waals surface area contributed by atoms with Crippen LogP contribution in [0.4, 0.5) is 10.5 Å². The summed E-state index contributed by atoms with van der Waals surface area (Å²) in [5, 5.41) is 13.3. The average Bonchev–Trinajstić information content (AvgIpc) is 3.13. The van der Waals surface area contributed by atoms with E-state index in [0.717, 1.165) is 23.4 Å². The number of ether oxygens (including phenoxy) is 1. The quantitative estimate of drug-likeness (QED) is 0.267. The highest BCUT2D eigenvalue weighted by Crippen LogP contribution is 2.14. The van der Waals surface area contributed by atoms with Gasteiger partial charge in [0, 0.05) is 25.3 Å². The third-order valence-corrected chi connectivity index (χ3v) is 4.13. The molecule has 1 aromatic carbocycles. The van der Waals surface area contributed by atoms with E-state index in [1.54, 1.807) is 7.05 Å². The van der Waals surface area contributed by atoms with Gasteiger partial charge < -0.3 is 19.9 Å². The number of aliphatic imine (C=N–C) groups is 1. The molecular formula is C22H34IN5O3. The summed E-state index contributed by atoms with van der Waals surface area (Å²) < 4.78 is 10.6. The molecule has 9 heteroatoms. The van der Waals surface area contributed by atoms with Gasteiger partial charge in [-0.05, 0) is 50.8 Å². The molecule has 0 aliphatic carbocycles. The molecule has 0 saturated heterocycles. The Morgan fingerprint density at radius 2 is 1.87 bits per heavy atom. The summed E-state index contributed by atoms with van der Waals surface area (Å²) in [4.78, 5) is 16.0. The summed E-state index contributed by atoms with van der Waals surface area (Å²) in [6.07, 6.45) is 0.354. The van der Waals surface area contributed by atoms with Gasteiger partial charge in [0.25, 0.3) is 0 Å². The molecule has 0 radical (unpaired) electrons. The number of halogens is 1. The molecular weight excluding hydrogens is 509 g/mol. The second-order valence-electron chi connectivity index (χ2n) is 8.30. The zero-order chi connectivity index (χ0) is 22.1. The lowest BCUT2D eigenvalue weighted by Crippen LogP contribution is -2.37. The van der Waals surface area contributed by atoms with E-state index in [4.69, 9.17) is 9.26 Å². The topological polar surface area (TPSA) is 101 Å². The lowest BCUT2D eigenvalue weighted by Gasteiger charge is -2.19. The molecule has 1 aromatic heterocycles. The fraction of sp³-hybridized carbons (Fsp3) is 0.500. The van der Waals surface area contributed by atoms with Crippen molar-refractivity contribution in [2.24, 2.45) is 4.99 Å². The van der Waals surface area contributed by atoms with Gasteiger partial charge in [-0.2, -0.15) is 0 Å². The summed E-state index contributed by atoms with van der Waals surface area (Å²) in [5.41, 5.74) is 2.27. The molecule has 2 aromatic rings. The number of anilines is 1. The Morgan fingerprint density at radius 3 is 2.42 bits per heavy atom. The Balaban J connectivity index is 0.00000480. The molecule has 0 fully saturated rings. The fourth-order valence-electron chi connectivity index (χ4n) is 2.58. The van der Waals surface area contributed by atoms with Crippen molar-refractivity contribution in [3.05, 3.63) is 47.3 Å². The Kier molecular flexibility index (Phi) is 10.8. The van der Waals surface area contributed by atoms with E-state index in [1.165, 1.54) is 0 Å². The first kappa shape index (κ1) is 26.7. The standard InChI is InChI=1S/C22H33N5O3.HI/c1-15(2)19-13-18(30-27-19)14-25-20(23-6)24-12-11-16-7-9-17(10-8-16)26-21(28)29-22(3,4)5;/h7-10,13,15H,11-12,14H2,1-6H3,(H,26,28)(H2,23,24,25);1H. The minimum absolute atomic E-state index is 0. The van der Waals surface area contributed by atoms with Crippen LogP contribution in [0.2, 0.25) is 0 Å². The van der Waals surface area contributed by atoms with Crippen LogP contribution in [0.15, 0.2) is 39.8 Å². The van der Waals surface area contributed by atoms with Crippen molar-refractivity contribution in [3.63, 3.8) is 0 Å². The van der Waals surface area contributed by atoms with Crippen LogP contribution in [0, 0.1) is 0 Å². The molecule has 1 heterocycles. The molecule has 0 unspecified atom stereocenters. The average molecular weight is 543 g/mol. The summed E-state index contributed by atoms with van der Waals surface area (Å²) >= 11 is 0. The molecule has 172 valence electrons. The SMILES string of the molecule is CN=C(NCCc1ccc(NC(=O)OC(C)(C)C)cc1)NCc1cc(C(C)C)no1.I. The van der Waals surface area contributed by atoms with E-state index in [2.05, 4.69) is 39.9 Å². The zero-order valence-electron chi connectivity index (χ0n) is 19.1. The number of benzene rings is 1. The first-order valence-corrected chi connectivity index (χ1v) is 10.1. The number of carbonyl (C=O) groups is 1. The van der Waals surface area contributed by atoms with Crippen LogP contribution in [0.3, 0.4) is 0 Å². The molecule has 0 aliphatic heterocycles. The van der Waals surface area contributed by atoms with Crippen molar-refractivity contribution in [1.82, 2.24) is 15.8 Å². The Bertz CT molecular complexity index is 842.